The molecule has 1 atom stereocenters. The minimum absolute atomic E-state index is 0.00175. The highest BCUT2D eigenvalue weighted by molar-refractivity contribution is 4.74. The second kappa shape index (κ2) is 8.97. The van der Waals surface area contributed by atoms with Gasteiger partial charge in [0.2, 0.25) is 0 Å². The van der Waals surface area contributed by atoms with E-state index in [-0.39, 0.29) is 11.5 Å². The summed E-state index contributed by atoms with van der Waals surface area (Å²) in [7, 11) is 0. The van der Waals surface area contributed by atoms with E-state index in [0.29, 0.717) is 0 Å². The van der Waals surface area contributed by atoms with E-state index in [0.717, 1.165) is 24.8 Å². The molecule has 0 aliphatic rings. The maximum Gasteiger partial charge on any atom is 0.0600 e. The molecule has 2 heteroatoms. The van der Waals surface area contributed by atoms with Crippen LogP contribution in [0.5, 0.6) is 0 Å². The molecule has 1 N–H and O–H groups in total. The molecule has 19 heavy (non-hydrogen) atoms. The van der Waals surface area contributed by atoms with Crippen LogP contribution in [0.15, 0.2) is 0 Å². The van der Waals surface area contributed by atoms with Gasteiger partial charge in [0, 0.05) is 6.54 Å². The minimum Gasteiger partial charge on any atom is -0.393 e. The van der Waals surface area contributed by atoms with Crippen LogP contribution in [-0.2, 0) is 0 Å². The van der Waals surface area contributed by atoms with E-state index in [4.69, 9.17) is 0 Å². The van der Waals surface area contributed by atoms with Crippen LogP contribution in [-0.4, -0.2) is 35.7 Å². The third kappa shape index (κ3) is 10.4. The highest BCUT2D eigenvalue weighted by atomic mass is 16.3. The summed E-state index contributed by atoms with van der Waals surface area (Å²) >= 11 is 0. The minimum atomic E-state index is -0.201. The van der Waals surface area contributed by atoms with Gasteiger partial charge in [0.1, 0.15) is 0 Å². The second-order valence-corrected chi connectivity index (χ2v) is 7.88. The van der Waals surface area contributed by atoms with Crippen LogP contribution in [0.1, 0.15) is 67.7 Å². The van der Waals surface area contributed by atoms with Gasteiger partial charge in [0.25, 0.3) is 0 Å². The SMILES string of the molecule is CC(C)CCN(CCC(C)C)CCC(O)C(C)(C)C. The molecule has 1 unspecified atom stereocenters. The molecular weight excluding hydrogens is 234 g/mol. The molecule has 0 aromatic carbocycles. The Morgan fingerprint density at radius 3 is 1.47 bits per heavy atom. The second-order valence-electron chi connectivity index (χ2n) is 7.88. The van der Waals surface area contributed by atoms with Gasteiger partial charge in [-0.2, -0.15) is 0 Å². The first-order valence-corrected chi connectivity index (χ1v) is 8.03. The van der Waals surface area contributed by atoms with Crippen molar-refractivity contribution in [3.05, 3.63) is 0 Å². The third-order valence-electron chi connectivity index (χ3n) is 3.76. The molecule has 0 aliphatic carbocycles. The van der Waals surface area contributed by atoms with Crippen LogP contribution in [0.3, 0.4) is 0 Å². The average Bonchev–Trinajstić information content (AvgIpc) is 2.25. The summed E-state index contributed by atoms with van der Waals surface area (Å²) in [5, 5.41) is 10.2. The van der Waals surface area contributed by atoms with Gasteiger partial charge in [-0.15, -0.1) is 0 Å². The fraction of sp³-hybridized carbons (Fsp3) is 1.00. The Morgan fingerprint density at radius 2 is 1.16 bits per heavy atom. The molecule has 0 saturated carbocycles. The average molecular weight is 271 g/mol. The zero-order valence-corrected chi connectivity index (χ0v) is 14.4. The number of aliphatic hydroxyl groups excluding tert-OH is 1. The number of hydrogen-bond acceptors (Lipinski definition) is 2. The summed E-state index contributed by atoms with van der Waals surface area (Å²) in [4.78, 5) is 2.54. The van der Waals surface area contributed by atoms with Crippen molar-refractivity contribution >= 4 is 0 Å². The van der Waals surface area contributed by atoms with Crippen molar-refractivity contribution in [2.75, 3.05) is 19.6 Å². The normalized spacial score (nSPS) is 14.7. The Hall–Kier alpha value is -0.0800. The van der Waals surface area contributed by atoms with Crippen LogP contribution in [0.4, 0.5) is 0 Å². The van der Waals surface area contributed by atoms with Crippen LogP contribution in [0.25, 0.3) is 0 Å². The zero-order chi connectivity index (χ0) is 15.1. The van der Waals surface area contributed by atoms with Crippen molar-refractivity contribution in [1.29, 1.82) is 0 Å². The lowest BCUT2D eigenvalue weighted by Crippen LogP contribution is -2.34. The smallest absolute Gasteiger partial charge is 0.0600 e. The predicted octanol–water partition coefficient (Wildman–Crippen LogP) is 4.18. The third-order valence-corrected chi connectivity index (χ3v) is 3.76. The largest absolute Gasteiger partial charge is 0.393 e. The molecule has 0 rings (SSSR count). The summed E-state index contributed by atoms with van der Waals surface area (Å²) in [6, 6.07) is 0. The van der Waals surface area contributed by atoms with Crippen molar-refractivity contribution in [2.45, 2.75) is 73.8 Å². The van der Waals surface area contributed by atoms with E-state index >= 15 is 0 Å². The topological polar surface area (TPSA) is 23.5 Å². The summed E-state index contributed by atoms with van der Waals surface area (Å²) in [6.07, 6.45) is 3.20. The summed E-state index contributed by atoms with van der Waals surface area (Å²) < 4.78 is 0. The fourth-order valence-electron chi connectivity index (χ4n) is 1.95. The lowest BCUT2D eigenvalue weighted by atomic mass is 9.87. The van der Waals surface area contributed by atoms with Crippen molar-refractivity contribution in [2.24, 2.45) is 17.3 Å². The molecule has 0 aromatic heterocycles. The maximum atomic E-state index is 10.2. The quantitative estimate of drug-likeness (QED) is 0.680. The van der Waals surface area contributed by atoms with E-state index in [2.05, 4.69) is 53.4 Å². The first-order chi connectivity index (χ1) is 8.62. The molecule has 0 bridgehead atoms. The van der Waals surface area contributed by atoms with Gasteiger partial charge < -0.3 is 10.0 Å². The number of aliphatic hydroxyl groups is 1. The van der Waals surface area contributed by atoms with Gasteiger partial charge in [-0.05, 0) is 49.6 Å². The molecule has 2 nitrogen and oxygen atoms in total. The Kier molecular flexibility index (Phi) is 8.93. The monoisotopic (exact) mass is 271 g/mol. The maximum absolute atomic E-state index is 10.2. The van der Waals surface area contributed by atoms with Gasteiger partial charge in [0.15, 0.2) is 0 Å². The van der Waals surface area contributed by atoms with Crippen molar-refractivity contribution in [3.63, 3.8) is 0 Å². The van der Waals surface area contributed by atoms with Crippen molar-refractivity contribution < 1.29 is 5.11 Å². The summed E-state index contributed by atoms with van der Waals surface area (Å²) in [5.41, 5.74) is 0.00175. The first-order valence-electron chi connectivity index (χ1n) is 8.03. The first kappa shape index (κ1) is 18.9. The molecular formula is C17H37NO. The van der Waals surface area contributed by atoms with Crippen molar-refractivity contribution in [1.82, 2.24) is 4.90 Å². The van der Waals surface area contributed by atoms with Crippen molar-refractivity contribution in [3.8, 4) is 0 Å². The van der Waals surface area contributed by atoms with Gasteiger partial charge in [0.05, 0.1) is 6.10 Å². The predicted molar refractivity (Wildman–Crippen MR) is 85.4 cm³/mol. The lowest BCUT2D eigenvalue weighted by Gasteiger charge is -2.30. The highest BCUT2D eigenvalue weighted by Gasteiger charge is 2.22. The van der Waals surface area contributed by atoms with E-state index in [1.54, 1.807) is 0 Å². The molecule has 0 amide bonds. The zero-order valence-electron chi connectivity index (χ0n) is 14.4. The molecule has 0 fully saturated rings. The van der Waals surface area contributed by atoms with E-state index in [1.165, 1.54) is 25.9 Å². The number of hydrogen-bond donors (Lipinski definition) is 1. The van der Waals surface area contributed by atoms with Gasteiger partial charge in [-0.3, -0.25) is 0 Å². The van der Waals surface area contributed by atoms with Crippen LogP contribution in [0, 0.1) is 17.3 Å². The Labute approximate surface area is 121 Å². The molecule has 0 heterocycles. The van der Waals surface area contributed by atoms with E-state index < -0.39 is 0 Å². The van der Waals surface area contributed by atoms with Gasteiger partial charge in [-0.25, -0.2) is 0 Å². The van der Waals surface area contributed by atoms with Gasteiger partial charge in [-0.1, -0.05) is 48.5 Å². The summed E-state index contributed by atoms with van der Waals surface area (Å²) in [6.45, 7) is 18.8. The van der Waals surface area contributed by atoms with E-state index in [9.17, 15) is 5.11 Å². The summed E-state index contributed by atoms with van der Waals surface area (Å²) in [5.74, 6) is 1.52. The molecule has 0 saturated heterocycles. The Bertz CT molecular complexity index is 206. The van der Waals surface area contributed by atoms with Gasteiger partial charge >= 0.3 is 0 Å². The van der Waals surface area contributed by atoms with Crippen LogP contribution >= 0.6 is 0 Å². The fourth-order valence-corrected chi connectivity index (χ4v) is 1.95. The van der Waals surface area contributed by atoms with Crippen LogP contribution < -0.4 is 0 Å². The Morgan fingerprint density at radius 1 is 0.789 bits per heavy atom. The molecule has 0 spiro atoms. The molecule has 116 valence electrons. The molecule has 0 aliphatic heterocycles. The van der Waals surface area contributed by atoms with E-state index in [1.807, 2.05) is 0 Å². The number of rotatable bonds is 9. The molecule has 0 aromatic rings. The number of nitrogens with zero attached hydrogens (tertiary/aromatic N) is 1. The lowest BCUT2D eigenvalue weighted by molar-refractivity contribution is 0.0447. The Balaban J connectivity index is 4.17. The molecule has 0 radical (unpaired) electrons. The standard InChI is InChI=1S/C17H37NO/c1-14(2)8-11-18(12-9-15(3)4)13-10-16(19)17(5,6)7/h14-16,19H,8-13H2,1-7H3. The highest BCUT2D eigenvalue weighted by Crippen LogP contribution is 2.22. The van der Waals surface area contributed by atoms with Crippen LogP contribution in [0.2, 0.25) is 0 Å².